The van der Waals surface area contributed by atoms with Crippen molar-refractivity contribution in [3.05, 3.63) is 0 Å². The first-order valence-electron chi connectivity index (χ1n) is 3.13. The summed E-state index contributed by atoms with van der Waals surface area (Å²) in [7, 11) is 0. The van der Waals surface area contributed by atoms with E-state index in [0.717, 1.165) is 0 Å². The van der Waals surface area contributed by atoms with Crippen LogP contribution in [-0.2, 0) is 14.3 Å². The van der Waals surface area contributed by atoms with E-state index in [2.05, 4.69) is 17.4 Å². The first-order valence-corrected chi connectivity index (χ1v) is 3.76. The molecular formula is C6H9O4S-. The third-order valence-electron chi connectivity index (χ3n) is 0.917. The van der Waals surface area contributed by atoms with Crippen LogP contribution in [0.15, 0.2) is 0 Å². The molecule has 0 aliphatic carbocycles. The van der Waals surface area contributed by atoms with Crippen molar-refractivity contribution in [1.29, 1.82) is 0 Å². The molecule has 0 aliphatic rings. The molecule has 0 heterocycles. The van der Waals surface area contributed by atoms with Crippen molar-refractivity contribution in [2.24, 2.45) is 0 Å². The Balaban J connectivity index is 3.14. The monoisotopic (exact) mass is 177 g/mol. The summed E-state index contributed by atoms with van der Waals surface area (Å²) in [5, 5.41) is 9.85. The van der Waals surface area contributed by atoms with Gasteiger partial charge in [-0.15, -0.1) is 0 Å². The smallest absolute Gasteiger partial charge is 0.315 e. The van der Waals surface area contributed by atoms with Crippen LogP contribution in [0.2, 0.25) is 0 Å². The molecule has 0 rings (SSSR count). The second-order valence-corrected chi connectivity index (χ2v) is 2.17. The highest BCUT2D eigenvalue weighted by Crippen LogP contribution is 1.89. The summed E-state index contributed by atoms with van der Waals surface area (Å²) in [4.78, 5) is 20.2. The van der Waals surface area contributed by atoms with E-state index in [1.807, 2.05) is 0 Å². The molecule has 0 aromatic heterocycles. The van der Waals surface area contributed by atoms with Gasteiger partial charge in [0.2, 0.25) is 0 Å². The van der Waals surface area contributed by atoms with Gasteiger partial charge in [-0.3, -0.25) is 4.79 Å². The van der Waals surface area contributed by atoms with Crippen LogP contribution in [0, 0.1) is 0 Å². The third-order valence-corrected chi connectivity index (χ3v) is 1.18. The number of carboxylic acid groups (broad SMARTS) is 1. The van der Waals surface area contributed by atoms with E-state index in [1.54, 1.807) is 0 Å². The van der Waals surface area contributed by atoms with Gasteiger partial charge in [0.15, 0.2) is 0 Å². The third kappa shape index (κ3) is 7.18. The Labute approximate surface area is 69.9 Å². The molecule has 0 N–H and O–H groups in total. The lowest BCUT2D eigenvalue weighted by Gasteiger charge is -2.02. The van der Waals surface area contributed by atoms with E-state index < -0.39 is 11.9 Å². The predicted octanol–water partition coefficient (Wildman–Crippen LogP) is -1.01. The summed E-state index contributed by atoms with van der Waals surface area (Å²) in [5.41, 5.74) is 0. The van der Waals surface area contributed by atoms with E-state index in [4.69, 9.17) is 0 Å². The highest BCUT2D eigenvalue weighted by molar-refractivity contribution is 7.81. The van der Waals surface area contributed by atoms with Gasteiger partial charge in [0.05, 0.1) is 12.4 Å². The lowest BCUT2D eigenvalue weighted by atomic mass is 10.3. The fraction of sp³-hybridized carbons (Fsp3) is 0.667. The number of rotatable bonds is 5. The van der Waals surface area contributed by atoms with Crippen LogP contribution in [0.25, 0.3) is 0 Å². The molecule has 0 fully saturated rings. The van der Waals surface area contributed by atoms with Gasteiger partial charge >= 0.3 is 5.97 Å². The second kappa shape index (κ2) is 6.03. The maximum absolute atomic E-state index is 10.4. The summed E-state index contributed by atoms with van der Waals surface area (Å²) in [6.07, 6.45) is 0.210. The van der Waals surface area contributed by atoms with E-state index in [-0.39, 0.29) is 18.8 Å². The van der Waals surface area contributed by atoms with Gasteiger partial charge in [0.25, 0.3) is 0 Å². The lowest BCUT2D eigenvalue weighted by molar-refractivity contribution is -0.305. The molecule has 0 bridgehead atoms. The van der Waals surface area contributed by atoms with E-state index >= 15 is 0 Å². The minimum Gasteiger partial charge on any atom is -0.550 e. The fourth-order valence-corrected chi connectivity index (χ4v) is 0.539. The quantitative estimate of drug-likeness (QED) is 0.332. The Hall–Kier alpha value is -0.710. The second-order valence-electron chi connectivity index (χ2n) is 1.85. The summed E-state index contributed by atoms with van der Waals surface area (Å²) in [5.74, 6) is -1.55. The number of aliphatic carboxylic acids is 1. The summed E-state index contributed by atoms with van der Waals surface area (Å²) < 4.78 is 4.54. The zero-order chi connectivity index (χ0) is 8.69. The molecule has 5 heteroatoms. The number of thiol groups is 1. The Morgan fingerprint density at radius 3 is 2.55 bits per heavy atom. The van der Waals surface area contributed by atoms with Crippen LogP contribution in [-0.4, -0.2) is 24.3 Å². The molecule has 0 unspecified atom stereocenters. The molecular weight excluding hydrogens is 168 g/mol. The Morgan fingerprint density at radius 2 is 2.09 bits per heavy atom. The number of carbonyl (C=O) groups excluding carboxylic acids is 2. The van der Waals surface area contributed by atoms with Gasteiger partial charge in [0, 0.05) is 5.97 Å². The van der Waals surface area contributed by atoms with Crippen LogP contribution in [0.5, 0.6) is 0 Å². The van der Waals surface area contributed by atoms with Gasteiger partial charge in [-0.2, -0.15) is 12.6 Å². The van der Waals surface area contributed by atoms with Crippen molar-refractivity contribution in [1.82, 2.24) is 0 Å². The molecule has 0 aromatic carbocycles. The molecule has 0 spiro atoms. The minimum absolute atomic E-state index is 0.0192. The van der Waals surface area contributed by atoms with Crippen LogP contribution >= 0.6 is 12.6 Å². The zero-order valence-electron chi connectivity index (χ0n) is 5.91. The Morgan fingerprint density at radius 1 is 1.45 bits per heavy atom. The van der Waals surface area contributed by atoms with Crippen molar-refractivity contribution >= 4 is 24.6 Å². The van der Waals surface area contributed by atoms with Crippen LogP contribution in [0.1, 0.15) is 12.8 Å². The van der Waals surface area contributed by atoms with Gasteiger partial charge in [0.1, 0.15) is 0 Å². The van der Waals surface area contributed by atoms with E-state index in [0.29, 0.717) is 6.42 Å². The zero-order valence-corrected chi connectivity index (χ0v) is 6.80. The van der Waals surface area contributed by atoms with Crippen molar-refractivity contribution in [2.45, 2.75) is 12.8 Å². The summed E-state index contributed by atoms with van der Waals surface area (Å²) in [6.45, 7) is 0.118. The van der Waals surface area contributed by atoms with Gasteiger partial charge in [-0.05, 0) is 12.8 Å². The first kappa shape index (κ1) is 10.3. The number of carbonyl (C=O) groups is 2. The lowest BCUT2D eigenvalue weighted by Crippen LogP contribution is -2.22. The van der Waals surface area contributed by atoms with Crippen LogP contribution in [0.3, 0.4) is 0 Å². The van der Waals surface area contributed by atoms with E-state index in [1.165, 1.54) is 0 Å². The topological polar surface area (TPSA) is 66.4 Å². The number of hydrogen-bond donors (Lipinski definition) is 1. The SMILES string of the molecule is O=C([O-])CCCOC(=O)CS. The van der Waals surface area contributed by atoms with Crippen molar-refractivity contribution < 1.29 is 19.4 Å². The standard InChI is InChI=1S/C6H10O4S/c7-5(8)2-1-3-10-6(9)4-11/h11H,1-4H2,(H,7,8)/p-1. The fourth-order valence-electron chi connectivity index (χ4n) is 0.448. The van der Waals surface area contributed by atoms with Crippen molar-refractivity contribution in [3.63, 3.8) is 0 Å². The average molecular weight is 177 g/mol. The number of hydrogen-bond acceptors (Lipinski definition) is 5. The maximum atomic E-state index is 10.4. The molecule has 0 aromatic rings. The molecule has 0 radical (unpaired) electrons. The van der Waals surface area contributed by atoms with Crippen LogP contribution < -0.4 is 5.11 Å². The predicted molar refractivity (Wildman–Crippen MR) is 39.1 cm³/mol. The van der Waals surface area contributed by atoms with Gasteiger partial charge in [-0.1, -0.05) is 0 Å². The Bertz CT molecular complexity index is 146. The highest BCUT2D eigenvalue weighted by Gasteiger charge is 1.97. The first-order chi connectivity index (χ1) is 5.16. The molecule has 0 saturated carbocycles. The molecule has 0 saturated heterocycles. The minimum atomic E-state index is -1.13. The van der Waals surface area contributed by atoms with Crippen molar-refractivity contribution in [3.8, 4) is 0 Å². The average Bonchev–Trinajstić information content (AvgIpc) is 1.97. The Kier molecular flexibility index (Phi) is 5.64. The van der Waals surface area contributed by atoms with Crippen molar-refractivity contribution in [2.75, 3.05) is 12.4 Å². The molecule has 0 aliphatic heterocycles. The van der Waals surface area contributed by atoms with Crippen LogP contribution in [0.4, 0.5) is 0 Å². The largest absolute Gasteiger partial charge is 0.550 e. The summed E-state index contributed by atoms with van der Waals surface area (Å²) in [6, 6.07) is 0. The van der Waals surface area contributed by atoms with Gasteiger partial charge in [-0.25, -0.2) is 0 Å². The number of ether oxygens (including phenoxy) is 1. The molecule has 4 nitrogen and oxygen atoms in total. The molecule has 0 amide bonds. The van der Waals surface area contributed by atoms with E-state index in [9.17, 15) is 14.7 Å². The maximum Gasteiger partial charge on any atom is 0.315 e. The number of carboxylic acids is 1. The molecule has 64 valence electrons. The number of esters is 1. The molecule has 11 heavy (non-hydrogen) atoms. The highest BCUT2D eigenvalue weighted by atomic mass is 32.1. The normalized spacial score (nSPS) is 9.18. The molecule has 0 atom stereocenters. The van der Waals surface area contributed by atoms with Gasteiger partial charge < -0.3 is 14.6 Å². The summed E-state index contributed by atoms with van der Waals surface area (Å²) >= 11 is 3.66.